The number of amides is 1. The highest BCUT2D eigenvalue weighted by molar-refractivity contribution is 7.90. The van der Waals surface area contributed by atoms with E-state index < -0.39 is 15.9 Å². The zero-order valence-electron chi connectivity index (χ0n) is 16.8. The number of ether oxygens (including phenoxy) is 2. The highest BCUT2D eigenvalue weighted by Gasteiger charge is 2.26. The Bertz CT molecular complexity index is 1040. The molecule has 0 spiro atoms. The normalized spacial score (nSPS) is 15.0. The summed E-state index contributed by atoms with van der Waals surface area (Å²) < 4.78 is 34.7. The molecule has 0 unspecified atom stereocenters. The molecule has 3 rings (SSSR count). The number of aromatic nitrogens is 3. The molecule has 2 aromatic heterocycles. The van der Waals surface area contributed by atoms with Gasteiger partial charge in [-0.15, -0.1) is 0 Å². The quantitative estimate of drug-likeness (QED) is 0.687. The number of methoxy groups -OCH3 is 1. The molecule has 2 N–H and O–H groups in total. The molecular formula is C18H23N5O6S. The molecule has 2 aromatic rings. The van der Waals surface area contributed by atoms with Crippen LogP contribution in [-0.2, 0) is 9.84 Å². The number of likely N-dealkylation sites (tertiary alicyclic amines) is 1. The van der Waals surface area contributed by atoms with Crippen molar-refractivity contribution in [2.45, 2.75) is 30.9 Å². The van der Waals surface area contributed by atoms with E-state index in [2.05, 4.69) is 20.3 Å². The minimum absolute atomic E-state index is 0.0167. The zero-order chi connectivity index (χ0) is 21.9. The summed E-state index contributed by atoms with van der Waals surface area (Å²) in [5.41, 5.74) is 1.03. The molecule has 1 aliphatic heterocycles. The van der Waals surface area contributed by atoms with Crippen molar-refractivity contribution in [1.82, 2.24) is 19.9 Å². The summed E-state index contributed by atoms with van der Waals surface area (Å²) >= 11 is 0. The van der Waals surface area contributed by atoms with Gasteiger partial charge in [0.15, 0.2) is 20.7 Å². The van der Waals surface area contributed by atoms with Crippen molar-refractivity contribution in [3.8, 4) is 11.6 Å². The molecule has 0 aromatic carbocycles. The fraction of sp³-hybridized carbons (Fsp3) is 0.444. The second-order valence-corrected chi connectivity index (χ2v) is 8.79. The van der Waals surface area contributed by atoms with E-state index in [1.165, 1.54) is 24.4 Å². The smallest absolute Gasteiger partial charge is 0.407 e. The Hall–Kier alpha value is -3.15. The maximum Gasteiger partial charge on any atom is 0.407 e. The molecule has 3 heterocycles. The van der Waals surface area contributed by atoms with Crippen molar-refractivity contribution < 1.29 is 27.8 Å². The lowest BCUT2D eigenvalue weighted by molar-refractivity contribution is 0.0852. The Morgan fingerprint density at radius 2 is 1.97 bits per heavy atom. The van der Waals surface area contributed by atoms with Crippen molar-refractivity contribution in [3.63, 3.8) is 0 Å². The van der Waals surface area contributed by atoms with Crippen LogP contribution >= 0.6 is 0 Å². The predicted octanol–water partition coefficient (Wildman–Crippen LogP) is 1.86. The van der Waals surface area contributed by atoms with Gasteiger partial charge in [0.1, 0.15) is 12.4 Å². The molecule has 0 aliphatic carbocycles. The molecule has 0 bridgehead atoms. The fourth-order valence-electron chi connectivity index (χ4n) is 3.04. The lowest BCUT2D eigenvalue weighted by atomic mass is 10.1. The Labute approximate surface area is 174 Å². The van der Waals surface area contributed by atoms with Crippen LogP contribution in [0.2, 0.25) is 0 Å². The van der Waals surface area contributed by atoms with Gasteiger partial charge in [0, 0.05) is 32.2 Å². The minimum atomic E-state index is -3.41. The predicted molar refractivity (Wildman–Crippen MR) is 107 cm³/mol. The van der Waals surface area contributed by atoms with E-state index >= 15 is 0 Å². The van der Waals surface area contributed by atoms with Crippen molar-refractivity contribution in [3.05, 3.63) is 24.2 Å². The SMILES string of the molecule is COc1c(Nc2ccc(S(C)(=O)=O)nc2C)ncnc1OC1CCN(C(=O)O)CC1. The molecule has 1 saturated heterocycles. The lowest BCUT2D eigenvalue weighted by Gasteiger charge is -2.30. The van der Waals surface area contributed by atoms with Crippen LogP contribution in [-0.4, -0.2) is 72.0 Å². The number of hydrogen-bond donors (Lipinski definition) is 2. The maximum atomic E-state index is 11.7. The number of aryl methyl sites for hydroxylation is 1. The summed E-state index contributed by atoms with van der Waals surface area (Å²) in [5, 5.41) is 12.1. The van der Waals surface area contributed by atoms with Crippen molar-refractivity contribution in [2.75, 3.05) is 31.8 Å². The number of piperidine rings is 1. The van der Waals surface area contributed by atoms with E-state index in [1.54, 1.807) is 13.0 Å². The number of carboxylic acid groups (broad SMARTS) is 1. The summed E-state index contributed by atoms with van der Waals surface area (Å²) in [6.07, 6.45) is 2.36. The Morgan fingerprint density at radius 3 is 2.53 bits per heavy atom. The van der Waals surface area contributed by atoms with Crippen LogP contribution in [0.1, 0.15) is 18.5 Å². The highest BCUT2D eigenvalue weighted by Crippen LogP contribution is 2.35. The first kappa shape index (κ1) is 21.6. The van der Waals surface area contributed by atoms with Gasteiger partial charge in [-0.1, -0.05) is 0 Å². The molecular weight excluding hydrogens is 414 g/mol. The van der Waals surface area contributed by atoms with Gasteiger partial charge in [0.05, 0.1) is 18.5 Å². The molecule has 0 radical (unpaired) electrons. The third kappa shape index (κ3) is 4.87. The molecule has 0 atom stereocenters. The molecule has 0 saturated carbocycles. The van der Waals surface area contributed by atoms with E-state index in [9.17, 15) is 13.2 Å². The van der Waals surface area contributed by atoms with Crippen LogP contribution < -0.4 is 14.8 Å². The first-order valence-corrected chi connectivity index (χ1v) is 11.1. The molecule has 1 aliphatic rings. The highest BCUT2D eigenvalue weighted by atomic mass is 32.2. The fourth-order valence-corrected chi connectivity index (χ4v) is 3.66. The standard InChI is InChI=1S/C18H23N5O6S/c1-11-13(4-5-14(21-11)30(3,26)27)22-16-15(28-2)17(20-10-19-16)29-12-6-8-23(9-7-12)18(24)25/h4-5,10,12H,6-9H2,1-3H3,(H,24,25)(H,19,20,22). The van der Waals surface area contributed by atoms with Gasteiger partial charge in [0.25, 0.3) is 5.88 Å². The summed E-state index contributed by atoms with van der Waals surface area (Å²) in [6.45, 7) is 2.45. The largest absolute Gasteiger partial charge is 0.489 e. The van der Waals surface area contributed by atoms with E-state index in [0.717, 1.165) is 6.26 Å². The number of nitrogens with zero attached hydrogens (tertiary/aromatic N) is 4. The molecule has 1 fully saturated rings. The van der Waals surface area contributed by atoms with Gasteiger partial charge in [-0.3, -0.25) is 0 Å². The number of nitrogens with one attached hydrogen (secondary N) is 1. The number of sulfone groups is 1. The third-order valence-corrected chi connectivity index (χ3v) is 5.65. The molecule has 1 amide bonds. The van der Waals surface area contributed by atoms with Crippen LogP contribution in [0.15, 0.2) is 23.5 Å². The van der Waals surface area contributed by atoms with Gasteiger partial charge < -0.3 is 24.8 Å². The second kappa shape index (κ2) is 8.69. The van der Waals surface area contributed by atoms with Crippen LogP contribution in [0.4, 0.5) is 16.3 Å². The van der Waals surface area contributed by atoms with Crippen LogP contribution in [0.5, 0.6) is 11.6 Å². The van der Waals surface area contributed by atoms with Crippen molar-refractivity contribution in [1.29, 1.82) is 0 Å². The summed E-state index contributed by atoms with van der Waals surface area (Å²) in [6, 6.07) is 3.01. The topological polar surface area (TPSA) is 144 Å². The van der Waals surface area contributed by atoms with Gasteiger partial charge in [-0.05, 0) is 19.1 Å². The minimum Gasteiger partial charge on any atom is -0.489 e. The average Bonchev–Trinajstić information content (AvgIpc) is 2.69. The van der Waals surface area contributed by atoms with Gasteiger partial charge in [-0.2, -0.15) is 4.98 Å². The molecule has 12 heteroatoms. The number of pyridine rings is 1. The Morgan fingerprint density at radius 1 is 1.27 bits per heavy atom. The van der Waals surface area contributed by atoms with Gasteiger partial charge in [0.2, 0.25) is 5.75 Å². The van der Waals surface area contributed by atoms with Crippen molar-refractivity contribution >= 4 is 27.4 Å². The summed E-state index contributed by atoms with van der Waals surface area (Å²) in [4.78, 5) is 24.8. The van der Waals surface area contributed by atoms with Crippen molar-refractivity contribution in [2.24, 2.45) is 0 Å². The van der Waals surface area contributed by atoms with Gasteiger partial charge >= 0.3 is 6.09 Å². The number of hydrogen-bond acceptors (Lipinski definition) is 9. The van der Waals surface area contributed by atoms with Crippen LogP contribution in [0.3, 0.4) is 0 Å². The molecule has 11 nitrogen and oxygen atoms in total. The number of anilines is 2. The molecule has 30 heavy (non-hydrogen) atoms. The molecule has 162 valence electrons. The van der Waals surface area contributed by atoms with Crippen LogP contribution in [0.25, 0.3) is 0 Å². The number of rotatable bonds is 6. The monoisotopic (exact) mass is 437 g/mol. The van der Waals surface area contributed by atoms with E-state index in [-0.39, 0.29) is 22.8 Å². The summed E-state index contributed by atoms with van der Waals surface area (Å²) in [7, 11) is -1.95. The van der Waals surface area contributed by atoms with E-state index in [0.29, 0.717) is 43.1 Å². The van der Waals surface area contributed by atoms with E-state index in [1.807, 2.05) is 0 Å². The lowest BCUT2D eigenvalue weighted by Crippen LogP contribution is -2.41. The zero-order valence-corrected chi connectivity index (χ0v) is 17.6. The maximum absolute atomic E-state index is 11.7. The summed E-state index contributed by atoms with van der Waals surface area (Å²) in [5.74, 6) is 0.856. The van der Waals surface area contributed by atoms with E-state index in [4.69, 9.17) is 14.6 Å². The Balaban J connectivity index is 1.78. The second-order valence-electron chi connectivity index (χ2n) is 6.83. The third-order valence-electron chi connectivity index (χ3n) is 4.66. The number of carbonyl (C=O) groups is 1. The van der Waals surface area contributed by atoms with Crippen LogP contribution in [0, 0.1) is 6.92 Å². The average molecular weight is 437 g/mol. The first-order chi connectivity index (χ1) is 14.2. The van der Waals surface area contributed by atoms with Gasteiger partial charge in [-0.25, -0.2) is 23.2 Å². The Kier molecular flexibility index (Phi) is 6.25. The first-order valence-electron chi connectivity index (χ1n) is 9.17.